The Morgan fingerprint density at radius 1 is 1.21 bits per heavy atom. The molecule has 0 radical (unpaired) electrons. The highest BCUT2D eigenvalue weighted by Crippen LogP contribution is 2.31. The summed E-state index contributed by atoms with van der Waals surface area (Å²) in [4.78, 5) is 31.2. The average Bonchev–Trinajstić information content (AvgIpc) is 3.17. The number of ether oxygens (including phenoxy) is 2. The Hall–Kier alpha value is -3.72. The molecule has 1 unspecified atom stereocenters. The highest BCUT2D eigenvalue weighted by molar-refractivity contribution is 7.20. The summed E-state index contributed by atoms with van der Waals surface area (Å²) in [5, 5.41) is 3.23. The monoisotopic (exact) mass is 465 g/mol. The van der Waals surface area contributed by atoms with Gasteiger partial charge in [-0.25, -0.2) is 9.37 Å². The van der Waals surface area contributed by atoms with Crippen LogP contribution < -0.4 is 20.3 Å². The molecule has 7 nitrogen and oxygen atoms in total. The standard InChI is InChI=1S/C24H20FN3O4S/c1-14-20-23(27-13-28(24(20)30)11-15-6-2-3-7-17(15)25)33-21(14)22(29)26-10-16-12-31-18-8-4-5-9-19(18)32-16/h2-9,13,16H,10-12H2,1H3,(H,26,29). The minimum absolute atomic E-state index is 0.0613. The summed E-state index contributed by atoms with van der Waals surface area (Å²) in [6, 6.07) is 13.7. The fourth-order valence-electron chi connectivity index (χ4n) is 3.75. The molecule has 0 spiro atoms. The number of amides is 1. The van der Waals surface area contributed by atoms with E-state index in [2.05, 4.69) is 10.3 Å². The Labute approximate surface area is 192 Å². The lowest BCUT2D eigenvalue weighted by Crippen LogP contribution is -2.40. The van der Waals surface area contributed by atoms with Gasteiger partial charge < -0.3 is 14.8 Å². The van der Waals surface area contributed by atoms with Gasteiger partial charge in [0, 0.05) is 5.56 Å². The Balaban J connectivity index is 1.34. The van der Waals surface area contributed by atoms with Crippen molar-refractivity contribution >= 4 is 27.5 Å². The van der Waals surface area contributed by atoms with Crippen molar-refractivity contribution in [1.29, 1.82) is 0 Å². The molecule has 5 rings (SSSR count). The third-order valence-corrected chi connectivity index (χ3v) is 6.68. The predicted octanol–water partition coefficient (Wildman–Crippen LogP) is 3.52. The molecule has 9 heteroatoms. The molecule has 0 saturated heterocycles. The van der Waals surface area contributed by atoms with Gasteiger partial charge in [0.2, 0.25) is 0 Å². The topological polar surface area (TPSA) is 82.4 Å². The smallest absolute Gasteiger partial charge is 0.262 e. The highest BCUT2D eigenvalue weighted by atomic mass is 32.1. The number of aromatic nitrogens is 2. The first-order valence-corrected chi connectivity index (χ1v) is 11.2. The molecule has 1 amide bonds. The van der Waals surface area contributed by atoms with Crippen LogP contribution in [0.5, 0.6) is 11.5 Å². The molecule has 1 aliphatic rings. The first-order valence-electron chi connectivity index (χ1n) is 10.4. The van der Waals surface area contributed by atoms with E-state index in [9.17, 15) is 14.0 Å². The van der Waals surface area contributed by atoms with Gasteiger partial charge in [-0.15, -0.1) is 11.3 Å². The van der Waals surface area contributed by atoms with E-state index in [1.165, 1.54) is 17.0 Å². The number of halogens is 1. The van der Waals surface area contributed by atoms with Crippen LogP contribution in [0.4, 0.5) is 4.39 Å². The summed E-state index contributed by atoms with van der Waals surface area (Å²) in [6.45, 7) is 2.36. The van der Waals surface area contributed by atoms with Gasteiger partial charge in [-0.2, -0.15) is 0 Å². The minimum Gasteiger partial charge on any atom is -0.486 e. The molecule has 0 aliphatic carbocycles. The number of nitrogens with one attached hydrogen (secondary N) is 1. The van der Waals surface area contributed by atoms with E-state index in [0.29, 0.717) is 44.3 Å². The van der Waals surface area contributed by atoms with Gasteiger partial charge in [-0.3, -0.25) is 14.2 Å². The number of rotatable bonds is 5. The van der Waals surface area contributed by atoms with Gasteiger partial charge in [0.1, 0.15) is 23.4 Å². The van der Waals surface area contributed by atoms with Crippen molar-refractivity contribution in [3.63, 3.8) is 0 Å². The predicted molar refractivity (Wildman–Crippen MR) is 123 cm³/mol. The van der Waals surface area contributed by atoms with Crippen molar-refractivity contribution in [3.05, 3.63) is 87.0 Å². The minimum atomic E-state index is -0.386. The number of aryl methyl sites for hydroxylation is 1. The lowest BCUT2D eigenvalue weighted by atomic mass is 10.2. The largest absolute Gasteiger partial charge is 0.486 e. The van der Waals surface area contributed by atoms with E-state index in [4.69, 9.17) is 9.47 Å². The number of carbonyl (C=O) groups excluding carboxylic acids is 1. The molecule has 2 aromatic heterocycles. The number of benzene rings is 2. The zero-order valence-electron chi connectivity index (χ0n) is 17.7. The summed E-state index contributed by atoms with van der Waals surface area (Å²) < 4.78 is 26.9. The van der Waals surface area contributed by atoms with Crippen molar-refractivity contribution < 1.29 is 18.7 Å². The van der Waals surface area contributed by atoms with Crippen LogP contribution in [0.2, 0.25) is 0 Å². The third-order valence-electron chi connectivity index (χ3n) is 5.48. The van der Waals surface area contributed by atoms with E-state index < -0.39 is 0 Å². The fraction of sp³-hybridized carbons (Fsp3) is 0.208. The first kappa shape index (κ1) is 21.1. The van der Waals surface area contributed by atoms with Crippen LogP contribution in [-0.4, -0.2) is 34.7 Å². The summed E-state index contributed by atoms with van der Waals surface area (Å²) in [6.07, 6.45) is 1.06. The van der Waals surface area contributed by atoms with Crippen LogP contribution in [0.3, 0.4) is 0 Å². The average molecular weight is 466 g/mol. The van der Waals surface area contributed by atoms with Crippen LogP contribution in [0.1, 0.15) is 20.8 Å². The number of carbonyl (C=O) groups is 1. The molecular weight excluding hydrogens is 445 g/mol. The molecular formula is C24H20FN3O4S. The molecule has 1 aliphatic heterocycles. The van der Waals surface area contributed by atoms with Gasteiger partial charge >= 0.3 is 0 Å². The lowest BCUT2D eigenvalue weighted by Gasteiger charge is -2.26. The number of para-hydroxylation sites is 2. The van der Waals surface area contributed by atoms with E-state index in [1.807, 2.05) is 24.3 Å². The summed E-state index contributed by atoms with van der Waals surface area (Å²) in [7, 11) is 0. The van der Waals surface area contributed by atoms with Gasteiger partial charge in [0.25, 0.3) is 11.5 Å². The molecule has 1 atom stereocenters. The normalized spacial score (nSPS) is 14.9. The van der Waals surface area contributed by atoms with E-state index >= 15 is 0 Å². The fourth-order valence-corrected chi connectivity index (χ4v) is 4.80. The summed E-state index contributed by atoms with van der Waals surface area (Å²) in [5.74, 6) is 0.625. The first-order chi connectivity index (χ1) is 16.0. The van der Waals surface area contributed by atoms with Gasteiger partial charge in [0.05, 0.1) is 29.7 Å². The van der Waals surface area contributed by atoms with Gasteiger partial charge in [-0.1, -0.05) is 30.3 Å². The number of hydrogen-bond donors (Lipinski definition) is 1. The molecule has 168 valence electrons. The molecule has 3 heterocycles. The van der Waals surface area contributed by atoms with Crippen LogP contribution >= 0.6 is 11.3 Å². The molecule has 0 saturated carbocycles. The van der Waals surface area contributed by atoms with Crippen molar-refractivity contribution in [2.75, 3.05) is 13.2 Å². The molecule has 4 aromatic rings. The van der Waals surface area contributed by atoms with Crippen molar-refractivity contribution in [3.8, 4) is 11.5 Å². The zero-order chi connectivity index (χ0) is 22.9. The molecule has 0 fully saturated rings. The van der Waals surface area contributed by atoms with E-state index in [1.54, 1.807) is 25.1 Å². The SMILES string of the molecule is Cc1c(C(=O)NCC2COc3ccccc3O2)sc2ncn(Cc3ccccc3F)c(=O)c12. The van der Waals surface area contributed by atoms with Crippen LogP contribution in [0.15, 0.2) is 59.7 Å². The third kappa shape index (κ3) is 4.07. The molecule has 1 N–H and O–H groups in total. The van der Waals surface area contributed by atoms with Crippen molar-refractivity contribution in [2.24, 2.45) is 0 Å². The van der Waals surface area contributed by atoms with Crippen LogP contribution in [-0.2, 0) is 6.54 Å². The van der Waals surface area contributed by atoms with Crippen molar-refractivity contribution in [1.82, 2.24) is 14.9 Å². The van der Waals surface area contributed by atoms with E-state index in [-0.39, 0.29) is 36.5 Å². The second-order valence-electron chi connectivity index (χ2n) is 7.71. The van der Waals surface area contributed by atoms with Gasteiger partial charge in [-0.05, 0) is 30.7 Å². The Kier molecular flexibility index (Phi) is 5.55. The highest BCUT2D eigenvalue weighted by Gasteiger charge is 2.24. The molecule has 33 heavy (non-hydrogen) atoms. The van der Waals surface area contributed by atoms with E-state index in [0.717, 1.165) is 11.3 Å². The van der Waals surface area contributed by atoms with Crippen LogP contribution in [0.25, 0.3) is 10.2 Å². The quantitative estimate of drug-likeness (QED) is 0.488. The summed E-state index contributed by atoms with van der Waals surface area (Å²) >= 11 is 1.16. The van der Waals surface area contributed by atoms with Gasteiger partial charge in [0.15, 0.2) is 11.5 Å². The Morgan fingerprint density at radius 2 is 1.97 bits per heavy atom. The maximum absolute atomic E-state index is 14.0. The maximum atomic E-state index is 14.0. The number of fused-ring (bicyclic) bond motifs is 2. The van der Waals surface area contributed by atoms with Crippen molar-refractivity contribution in [2.45, 2.75) is 19.6 Å². The maximum Gasteiger partial charge on any atom is 0.262 e. The zero-order valence-corrected chi connectivity index (χ0v) is 18.5. The second kappa shape index (κ2) is 8.67. The Morgan fingerprint density at radius 3 is 2.79 bits per heavy atom. The summed E-state index contributed by atoms with van der Waals surface area (Å²) in [5.41, 5.74) is 0.638. The molecule has 0 bridgehead atoms. The Bertz CT molecular complexity index is 1410. The van der Waals surface area contributed by atoms with Crippen LogP contribution in [0, 0.1) is 12.7 Å². The molecule has 2 aromatic carbocycles. The number of hydrogen-bond acceptors (Lipinski definition) is 6. The number of nitrogens with zero attached hydrogens (tertiary/aromatic N) is 2. The lowest BCUT2D eigenvalue weighted by molar-refractivity contribution is 0.0791. The number of thiophene rings is 1. The second-order valence-corrected chi connectivity index (χ2v) is 8.71.